The first-order chi connectivity index (χ1) is 12.3. The van der Waals surface area contributed by atoms with Crippen molar-refractivity contribution >= 4 is 16.8 Å². The van der Waals surface area contributed by atoms with Gasteiger partial charge in [-0.2, -0.15) is 0 Å². The third-order valence-corrected chi connectivity index (χ3v) is 4.23. The molecule has 0 fully saturated rings. The number of benzene rings is 3. The molecule has 0 unspecified atom stereocenters. The quantitative estimate of drug-likeness (QED) is 0.513. The fourth-order valence-electron chi connectivity index (χ4n) is 3.01. The average Bonchev–Trinajstić information content (AvgIpc) is 2.69. The van der Waals surface area contributed by atoms with Crippen LogP contribution in [-0.2, 0) is 0 Å². The number of hydrogen-bond donors (Lipinski definition) is 0. The van der Waals surface area contributed by atoms with Crippen LogP contribution in [0.1, 0.15) is 27.5 Å². The second-order valence-electron chi connectivity index (χ2n) is 5.86. The van der Waals surface area contributed by atoms with E-state index in [4.69, 9.17) is 0 Å². The number of rotatable bonds is 4. The summed E-state index contributed by atoms with van der Waals surface area (Å²) < 4.78 is 0. The molecule has 0 aliphatic heterocycles. The molecule has 4 aromatic rings. The molecule has 0 amide bonds. The maximum atomic E-state index is 13.3. The van der Waals surface area contributed by atoms with Gasteiger partial charge in [0.05, 0.1) is 23.1 Å². The fraction of sp³-hybridized carbons (Fsp3) is 0.0455. The molecule has 0 radical (unpaired) electrons. The summed E-state index contributed by atoms with van der Waals surface area (Å²) >= 11 is 0. The Bertz CT molecular complexity index is 974. The summed E-state index contributed by atoms with van der Waals surface area (Å²) in [6.45, 7) is 0. The summed E-state index contributed by atoms with van der Waals surface area (Å²) in [6, 6.07) is 27.2. The molecular weight excluding hydrogens is 308 g/mol. The maximum Gasteiger partial charge on any atom is 0.194 e. The molecule has 0 N–H and O–H groups in total. The fourth-order valence-corrected chi connectivity index (χ4v) is 3.01. The van der Waals surface area contributed by atoms with Crippen LogP contribution in [0.25, 0.3) is 11.0 Å². The van der Waals surface area contributed by atoms with Gasteiger partial charge >= 0.3 is 0 Å². The summed E-state index contributed by atoms with van der Waals surface area (Å²) in [5.74, 6) is -0.437. The molecule has 1 heterocycles. The number of aromatic nitrogens is 2. The standard InChI is InChI=1S/C22H16N2O/c25-22(20-15-23-18-13-7-8-14-19(18)24-20)21(16-9-3-1-4-10-16)17-11-5-2-6-12-17/h1-15,21H. The molecule has 0 saturated carbocycles. The molecule has 120 valence electrons. The lowest BCUT2D eigenvalue weighted by molar-refractivity contribution is 0.0969. The van der Waals surface area contributed by atoms with Crippen LogP contribution in [0.3, 0.4) is 0 Å². The van der Waals surface area contributed by atoms with E-state index in [0.717, 1.165) is 22.2 Å². The van der Waals surface area contributed by atoms with E-state index in [1.807, 2.05) is 84.9 Å². The van der Waals surface area contributed by atoms with Crippen LogP contribution in [0.15, 0.2) is 91.1 Å². The molecule has 3 aromatic carbocycles. The second-order valence-corrected chi connectivity index (χ2v) is 5.86. The highest BCUT2D eigenvalue weighted by molar-refractivity contribution is 6.02. The van der Waals surface area contributed by atoms with Crippen molar-refractivity contribution in [2.24, 2.45) is 0 Å². The number of nitrogens with zero attached hydrogens (tertiary/aromatic N) is 2. The van der Waals surface area contributed by atoms with Crippen LogP contribution in [0, 0.1) is 0 Å². The molecule has 0 saturated heterocycles. The Morgan fingerprint density at radius 2 is 1.20 bits per heavy atom. The minimum atomic E-state index is -0.391. The van der Waals surface area contributed by atoms with Gasteiger partial charge in [0.1, 0.15) is 5.69 Å². The van der Waals surface area contributed by atoms with E-state index >= 15 is 0 Å². The third kappa shape index (κ3) is 3.04. The van der Waals surface area contributed by atoms with E-state index in [-0.39, 0.29) is 5.78 Å². The number of Topliss-reactive ketones (excluding diaryl/α,β-unsaturated/α-hetero) is 1. The van der Waals surface area contributed by atoms with Crippen molar-refractivity contribution in [2.45, 2.75) is 5.92 Å². The van der Waals surface area contributed by atoms with Crippen molar-refractivity contribution in [2.75, 3.05) is 0 Å². The summed E-state index contributed by atoms with van der Waals surface area (Å²) in [5.41, 5.74) is 3.81. The topological polar surface area (TPSA) is 42.9 Å². The zero-order chi connectivity index (χ0) is 17.1. The summed E-state index contributed by atoms with van der Waals surface area (Å²) in [7, 11) is 0. The predicted molar refractivity (Wildman–Crippen MR) is 98.6 cm³/mol. The Kier molecular flexibility index (Phi) is 4.05. The largest absolute Gasteiger partial charge is 0.291 e. The third-order valence-electron chi connectivity index (χ3n) is 4.23. The highest BCUT2D eigenvalue weighted by Crippen LogP contribution is 2.28. The maximum absolute atomic E-state index is 13.3. The minimum Gasteiger partial charge on any atom is -0.291 e. The number of para-hydroxylation sites is 2. The van der Waals surface area contributed by atoms with Crippen molar-refractivity contribution < 1.29 is 4.79 Å². The number of ketones is 1. The Morgan fingerprint density at radius 1 is 0.680 bits per heavy atom. The lowest BCUT2D eigenvalue weighted by atomic mass is 9.86. The Labute approximate surface area is 146 Å². The first kappa shape index (κ1) is 15.2. The minimum absolute atomic E-state index is 0.0457. The van der Waals surface area contributed by atoms with E-state index in [0.29, 0.717) is 5.69 Å². The van der Waals surface area contributed by atoms with Crippen LogP contribution < -0.4 is 0 Å². The van der Waals surface area contributed by atoms with Crippen molar-refractivity contribution in [3.63, 3.8) is 0 Å². The number of fused-ring (bicyclic) bond motifs is 1. The van der Waals surface area contributed by atoms with Crippen LogP contribution >= 0.6 is 0 Å². The highest BCUT2D eigenvalue weighted by atomic mass is 16.1. The Morgan fingerprint density at radius 3 is 1.80 bits per heavy atom. The van der Waals surface area contributed by atoms with Crippen LogP contribution in [0.5, 0.6) is 0 Å². The molecule has 4 rings (SSSR count). The number of carbonyl (C=O) groups excluding carboxylic acids is 1. The van der Waals surface area contributed by atoms with Crippen molar-refractivity contribution in [3.05, 3.63) is 108 Å². The van der Waals surface area contributed by atoms with Crippen LogP contribution in [0.2, 0.25) is 0 Å². The van der Waals surface area contributed by atoms with Gasteiger partial charge in [-0.05, 0) is 23.3 Å². The summed E-state index contributed by atoms with van der Waals surface area (Å²) in [6.07, 6.45) is 1.57. The molecule has 3 heteroatoms. The Hall–Kier alpha value is -3.33. The van der Waals surface area contributed by atoms with E-state index in [9.17, 15) is 4.79 Å². The molecule has 0 aliphatic carbocycles. The highest BCUT2D eigenvalue weighted by Gasteiger charge is 2.25. The van der Waals surface area contributed by atoms with Gasteiger partial charge in [0, 0.05) is 0 Å². The SMILES string of the molecule is O=C(c1cnc2ccccc2n1)C(c1ccccc1)c1ccccc1. The first-order valence-corrected chi connectivity index (χ1v) is 8.19. The zero-order valence-corrected chi connectivity index (χ0v) is 13.5. The van der Waals surface area contributed by atoms with Gasteiger partial charge in [0.2, 0.25) is 0 Å². The number of hydrogen-bond acceptors (Lipinski definition) is 3. The van der Waals surface area contributed by atoms with Gasteiger partial charge in [-0.3, -0.25) is 9.78 Å². The second kappa shape index (κ2) is 6.65. The lowest BCUT2D eigenvalue weighted by Gasteiger charge is -2.16. The van der Waals surface area contributed by atoms with Gasteiger partial charge in [-0.15, -0.1) is 0 Å². The molecule has 3 nitrogen and oxygen atoms in total. The molecule has 1 aromatic heterocycles. The van der Waals surface area contributed by atoms with Crippen molar-refractivity contribution in [3.8, 4) is 0 Å². The predicted octanol–water partition coefficient (Wildman–Crippen LogP) is 4.64. The Balaban J connectivity index is 1.82. The van der Waals surface area contributed by atoms with E-state index in [1.54, 1.807) is 6.20 Å². The normalized spacial score (nSPS) is 10.9. The zero-order valence-electron chi connectivity index (χ0n) is 13.5. The van der Waals surface area contributed by atoms with E-state index < -0.39 is 5.92 Å². The molecule has 0 atom stereocenters. The van der Waals surface area contributed by atoms with Gasteiger partial charge in [0.25, 0.3) is 0 Å². The molecule has 0 aliphatic rings. The summed E-state index contributed by atoms with van der Waals surface area (Å²) in [5, 5.41) is 0. The van der Waals surface area contributed by atoms with Gasteiger partial charge in [-0.25, -0.2) is 4.98 Å². The summed E-state index contributed by atoms with van der Waals surface area (Å²) in [4.78, 5) is 22.2. The van der Waals surface area contributed by atoms with Crippen molar-refractivity contribution in [1.82, 2.24) is 9.97 Å². The molecule has 0 spiro atoms. The molecular formula is C22H16N2O. The average molecular weight is 324 g/mol. The van der Waals surface area contributed by atoms with Crippen molar-refractivity contribution in [1.29, 1.82) is 0 Å². The van der Waals surface area contributed by atoms with Gasteiger partial charge in [0.15, 0.2) is 5.78 Å². The van der Waals surface area contributed by atoms with Crippen LogP contribution in [-0.4, -0.2) is 15.8 Å². The van der Waals surface area contributed by atoms with E-state index in [1.165, 1.54) is 0 Å². The van der Waals surface area contributed by atoms with Gasteiger partial charge in [-0.1, -0.05) is 72.8 Å². The van der Waals surface area contributed by atoms with E-state index in [2.05, 4.69) is 9.97 Å². The lowest BCUT2D eigenvalue weighted by Crippen LogP contribution is -2.16. The van der Waals surface area contributed by atoms with Crippen LogP contribution in [0.4, 0.5) is 0 Å². The molecule has 0 bridgehead atoms. The monoisotopic (exact) mass is 324 g/mol. The first-order valence-electron chi connectivity index (χ1n) is 8.19. The molecule has 25 heavy (non-hydrogen) atoms. The smallest absolute Gasteiger partial charge is 0.194 e. The van der Waals surface area contributed by atoms with Gasteiger partial charge < -0.3 is 0 Å². The number of carbonyl (C=O) groups is 1.